The van der Waals surface area contributed by atoms with Gasteiger partial charge in [0.1, 0.15) is 12.1 Å². The molecule has 0 aliphatic carbocycles. The number of benzene rings is 1. The summed E-state index contributed by atoms with van der Waals surface area (Å²) in [6.45, 7) is 12.1. The first kappa shape index (κ1) is 35.5. The monoisotopic (exact) mass is 583 g/mol. The van der Waals surface area contributed by atoms with Crippen molar-refractivity contribution < 1.29 is 52.7 Å². The van der Waals surface area contributed by atoms with Crippen LogP contribution in [0.25, 0.3) is 0 Å². The van der Waals surface area contributed by atoms with Gasteiger partial charge in [-0.3, -0.25) is 4.79 Å². The van der Waals surface area contributed by atoms with E-state index in [1.165, 1.54) is 18.2 Å². The Bertz CT molecular complexity index is 964. The Morgan fingerprint density at radius 2 is 1.37 bits per heavy atom. The molecule has 1 unspecified atom stereocenters. The Morgan fingerprint density at radius 3 is 1.90 bits per heavy atom. The fraction of sp³-hybridized carbons (Fsp3) is 0.655. The van der Waals surface area contributed by atoms with E-state index in [1.54, 1.807) is 6.92 Å². The summed E-state index contributed by atoms with van der Waals surface area (Å²) in [6, 6.07) is 3.24. The lowest BCUT2D eigenvalue weighted by Gasteiger charge is -2.19. The van der Waals surface area contributed by atoms with Crippen LogP contribution in [0, 0.1) is 11.8 Å². The van der Waals surface area contributed by atoms with E-state index >= 15 is 0 Å². The van der Waals surface area contributed by atoms with Crippen molar-refractivity contribution in [3.8, 4) is 11.5 Å². The number of carboxylic acids is 1. The van der Waals surface area contributed by atoms with Gasteiger partial charge >= 0.3 is 24.4 Å². The molecule has 2 atom stereocenters. The number of unbranched alkanes of at least 4 members (excludes halogenated alkanes) is 1. The lowest BCUT2D eigenvalue weighted by atomic mass is 10.0. The summed E-state index contributed by atoms with van der Waals surface area (Å²) >= 11 is 0. The van der Waals surface area contributed by atoms with Crippen LogP contribution in [-0.4, -0.2) is 68.1 Å². The number of nitrogens with one attached hydrogen (secondary N) is 1. The summed E-state index contributed by atoms with van der Waals surface area (Å²) in [7, 11) is 0. The molecule has 232 valence electrons. The smallest absolute Gasteiger partial charge is 0.480 e. The molecule has 0 aliphatic heterocycles. The van der Waals surface area contributed by atoms with E-state index < -0.39 is 36.6 Å². The van der Waals surface area contributed by atoms with Crippen LogP contribution in [-0.2, 0) is 30.2 Å². The molecule has 12 nitrogen and oxygen atoms in total. The Labute approximate surface area is 241 Å². The molecule has 0 bridgehead atoms. The van der Waals surface area contributed by atoms with Gasteiger partial charge in [-0.05, 0) is 62.1 Å². The van der Waals surface area contributed by atoms with Crippen molar-refractivity contribution in [2.24, 2.45) is 11.8 Å². The molecule has 0 aliphatic rings. The van der Waals surface area contributed by atoms with Crippen molar-refractivity contribution in [3.05, 3.63) is 23.8 Å². The minimum absolute atomic E-state index is 0.0269. The Morgan fingerprint density at radius 1 is 0.805 bits per heavy atom. The van der Waals surface area contributed by atoms with Gasteiger partial charge in [0.2, 0.25) is 0 Å². The SMILES string of the molecule is CCCCOC(=O)OC(C)CN[C@@H](Cc1ccc(OC(=O)OCCC(C)C)c(OC(=O)OCCC(C)C)c1)C(=O)O. The second-order valence-electron chi connectivity index (χ2n) is 10.4. The maximum atomic E-state index is 12.3. The fourth-order valence-electron chi connectivity index (χ4n) is 3.17. The van der Waals surface area contributed by atoms with E-state index in [2.05, 4.69) is 5.32 Å². The van der Waals surface area contributed by atoms with Crippen molar-refractivity contribution in [2.75, 3.05) is 26.4 Å². The maximum absolute atomic E-state index is 12.3. The third-order valence-electron chi connectivity index (χ3n) is 5.63. The van der Waals surface area contributed by atoms with Gasteiger partial charge in [0.05, 0.1) is 19.8 Å². The Balaban J connectivity index is 2.93. The number of rotatable bonds is 18. The molecule has 1 aromatic carbocycles. The average molecular weight is 584 g/mol. The molecule has 0 fully saturated rings. The quantitative estimate of drug-likeness (QED) is 0.0937. The summed E-state index contributed by atoms with van der Waals surface area (Å²) in [4.78, 5) is 48.1. The van der Waals surface area contributed by atoms with Gasteiger partial charge in [-0.15, -0.1) is 0 Å². The van der Waals surface area contributed by atoms with E-state index in [-0.39, 0.29) is 44.3 Å². The zero-order valence-electron chi connectivity index (χ0n) is 24.9. The molecule has 2 N–H and O–H groups in total. The average Bonchev–Trinajstić information content (AvgIpc) is 2.87. The van der Waals surface area contributed by atoms with Gasteiger partial charge in [0.25, 0.3) is 0 Å². The minimum atomic E-state index is -1.15. The number of hydrogen-bond acceptors (Lipinski definition) is 11. The van der Waals surface area contributed by atoms with Crippen LogP contribution < -0.4 is 14.8 Å². The second-order valence-corrected chi connectivity index (χ2v) is 10.4. The summed E-state index contributed by atoms with van der Waals surface area (Å²) in [5.41, 5.74) is 0.461. The Hall–Kier alpha value is -3.54. The number of carboxylic acid groups (broad SMARTS) is 1. The van der Waals surface area contributed by atoms with E-state index in [0.29, 0.717) is 36.7 Å². The summed E-state index contributed by atoms with van der Waals surface area (Å²) in [6.07, 6.45) is -0.601. The minimum Gasteiger partial charge on any atom is -0.480 e. The molecule has 0 aromatic heterocycles. The molecule has 1 aromatic rings. The predicted molar refractivity (Wildman–Crippen MR) is 149 cm³/mol. The van der Waals surface area contributed by atoms with Crippen LogP contribution in [0.4, 0.5) is 14.4 Å². The first-order valence-corrected chi connectivity index (χ1v) is 14.0. The van der Waals surface area contributed by atoms with E-state index in [9.17, 15) is 24.3 Å². The topological polar surface area (TPSA) is 156 Å². The highest BCUT2D eigenvalue weighted by molar-refractivity contribution is 5.74. The number of carbonyl (C=O) groups is 4. The number of carbonyl (C=O) groups excluding carboxylic acids is 3. The number of aliphatic carboxylic acids is 1. The van der Waals surface area contributed by atoms with E-state index in [1.807, 2.05) is 34.6 Å². The van der Waals surface area contributed by atoms with E-state index in [0.717, 1.165) is 6.42 Å². The van der Waals surface area contributed by atoms with Crippen molar-refractivity contribution in [3.63, 3.8) is 0 Å². The first-order valence-electron chi connectivity index (χ1n) is 14.0. The van der Waals surface area contributed by atoms with Crippen LogP contribution >= 0.6 is 0 Å². The van der Waals surface area contributed by atoms with Gasteiger partial charge in [0.15, 0.2) is 11.5 Å². The highest BCUT2D eigenvalue weighted by Gasteiger charge is 2.22. The molecule has 0 radical (unpaired) electrons. The molecular formula is C29H45NO11. The molecule has 0 saturated carbocycles. The maximum Gasteiger partial charge on any atom is 0.513 e. The van der Waals surface area contributed by atoms with E-state index in [4.69, 9.17) is 28.4 Å². The second kappa shape index (κ2) is 19.5. The summed E-state index contributed by atoms with van der Waals surface area (Å²) < 4.78 is 30.8. The van der Waals surface area contributed by atoms with Gasteiger partial charge in [-0.25, -0.2) is 14.4 Å². The van der Waals surface area contributed by atoms with Gasteiger partial charge in [-0.2, -0.15) is 0 Å². The normalized spacial score (nSPS) is 12.4. The summed E-state index contributed by atoms with van der Waals surface area (Å²) in [5.74, 6) is -0.731. The van der Waals surface area contributed by atoms with Crippen LogP contribution in [0.3, 0.4) is 0 Å². The lowest BCUT2D eigenvalue weighted by molar-refractivity contribution is -0.139. The molecule has 0 amide bonds. The predicted octanol–water partition coefficient (Wildman–Crippen LogP) is 5.74. The first-order chi connectivity index (χ1) is 19.4. The van der Waals surface area contributed by atoms with Gasteiger partial charge in [-0.1, -0.05) is 47.1 Å². The lowest BCUT2D eigenvalue weighted by Crippen LogP contribution is -2.42. The van der Waals surface area contributed by atoms with Crippen molar-refractivity contribution in [1.29, 1.82) is 0 Å². The third-order valence-corrected chi connectivity index (χ3v) is 5.63. The molecule has 0 saturated heterocycles. The Kier molecular flexibility index (Phi) is 16.9. The molecule has 0 spiro atoms. The fourth-order valence-corrected chi connectivity index (χ4v) is 3.17. The van der Waals surface area contributed by atoms with Crippen molar-refractivity contribution in [2.45, 2.75) is 85.8 Å². The molecule has 41 heavy (non-hydrogen) atoms. The zero-order chi connectivity index (χ0) is 30.8. The molecule has 12 heteroatoms. The highest BCUT2D eigenvalue weighted by Crippen LogP contribution is 2.30. The van der Waals surface area contributed by atoms with Crippen LogP contribution in [0.5, 0.6) is 11.5 Å². The largest absolute Gasteiger partial charge is 0.513 e. The van der Waals surface area contributed by atoms with Crippen LogP contribution in [0.15, 0.2) is 18.2 Å². The van der Waals surface area contributed by atoms with Crippen molar-refractivity contribution in [1.82, 2.24) is 5.32 Å². The standard InChI is InChI=1S/C29H45NO11/c1-7-8-13-36-27(33)39-21(6)18-30-23(26(31)32)16-22-9-10-24(40-28(34)37-14-11-19(2)3)25(17-22)41-29(35)38-15-12-20(4)5/h9-10,17,19-21,23,30H,7-8,11-16,18H2,1-6H3,(H,31,32)/t21?,23-/m0/s1. The van der Waals surface area contributed by atoms with Crippen molar-refractivity contribution >= 4 is 24.4 Å². The number of ether oxygens (including phenoxy) is 6. The number of hydrogen-bond donors (Lipinski definition) is 2. The van der Waals surface area contributed by atoms with Gasteiger partial charge < -0.3 is 38.8 Å². The molecule has 1 rings (SSSR count). The zero-order valence-corrected chi connectivity index (χ0v) is 24.9. The van der Waals surface area contributed by atoms with Crippen LogP contribution in [0.1, 0.15) is 72.8 Å². The van der Waals surface area contributed by atoms with Gasteiger partial charge in [0, 0.05) is 6.54 Å². The molecule has 0 heterocycles. The molecular weight excluding hydrogens is 538 g/mol. The van der Waals surface area contributed by atoms with Crippen LogP contribution in [0.2, 0.25) is 0 Å². The third kappa shape index (κ3) is 16.3. The highest BCUT2D eigenvalue weighted by atomic mass is 16.7. The summed E-state index contributed by atoms with van der Waals surface area (Å²) in [5, 5.41) is 12.6.